The summed E-state index contributed by atoms with van der Waals surface area (Å²) in [5, 5.41) is 4.38. The van der Waals surface area contributed by atoms with Gasteiger partial charge in [-0.25, -0.2) is 19.9 Å². The van der Waals surface area contributed by atoms with Crippen LogP contribution in [0.15, 0.2) is 168 Å². The average Bonchev–Trinajstić information content (AvgIpc) is 3.92. The maximum absolute atomic E-state index is 6.13. The average molecular weight is 698 g/mol. The molecule has 4 aromatic heterocycles. The van der Waals surface area contributed by atoms with Crippen LogP contribution < -0.4 is 0 Å². The van der Waals surface area contributed by atoms with Crippen LogP contribution in [0.2, 0.25) is 0 Å². The fraction of sp³-hybridized carbons (Fsp3) is 0. The molecule has 0 aliphatic heterocycles. The second-order valence-corrected chi connectivity index (χ2v) is 14.2. The van der Waals surface area contributed by atoms with Gasteiger partial charge in [0.15, 0.2) is 17.5 Å². The second-order valence-electron chi connectivity index (χ2n) is 13.1. The summed E-state index contributed by atoms with van der Waals surface area (Å²) in [6.07, 6.45) is 0. The summed E-state index contributed by atoms with van der Waals surface area (Å²) in [5.41, 5.74) is 8.67. The molecule has 0 N–H and O–H groups in total. The molecule has 11 aromatic rings. The van der Waals surface area contributed by atoms with Gasteiger partial charge >= 0.3 is 0 Å². The first-order valence-corrected chi connectivity index (χ1v) is 18.3. The monoisotopic (exact) mass is 697 g/mol. The predicted molar refractivity (Wildman–Crippen MR) is 216 cm³/mol. The molecule has 4 heterocycles. The molecule has 0 saturated heterocycles. The lowest BCUT2D eigenvalue weighted by Gasteiger charge is -2.10. The molecule has 0 spiro atoms. The zero-order valence-electron chi connectivity index (χ0n) is 28.1. The molecule has 0 saturated carbocycles. The van der Waals surface area contributed by atoms with Gasteiger partial charge in [0.25, 0.3) is 0 Å². The summed E-state index contributed by atoms with van der Waals surface area (Å²) >= 11 is 1.77. The van der Waals surface area contributed by atoms with Crippen LogP contribution in [-0.4, -0.2) is 24.5 Å². The highest BCUT2D eigenvalue weighted by molar-refractivity contribution is 7.26. The third-order valence-electron chi connectivity index (χ3n) is 9.87. The molecule has 0 amide bonds. The Morgan fingerprint density at radius 3 is 2.06 bits per heavy atom. The Morgan fingerprint density at radius 1 is 0.453 bits per heavy atom. The van der Waals surface area contributed by atoms with Crippen LogP contribution in [0.3, 0.4) is 0 Å². The number of thiophene rings is 1. The molecule has 0 fully saturated rings. The van der Waals surface area contributed by atoms with Crippen molar-refractivity contribution in [3.8, 4) is 51.2 Å². The zero-order valence-corrected chi connectivity index (χ0v) is 29.0. The van der Waals surface area contributed by atoms with Gasteiger partial charge in [0, 0.05) is 58.9 Å². The first-order chi connectivity index (χ1) is 26.2. The number of hydrogen-bond donors (Lipinski definition) is 0. The lowest BCUT2D eigenvalue weighted by molar-refractivity contribution is 0.669. The highest BCUT2D eigenvalue weighted by atomic mass is 32.1. The molecule has 0 aliphatic rings. The van der Waals surface area contributed by atoms with Crippen molar-refractivity contribution in [3.05, 3.63) is 164 Å². The third-order valence-corrected chi connectivity index (χ3v) is 11.0. The molecule has 6 nitrogen and oxygen atoms in total. The molecule has 7 aromatic carbocycles. The molecule has 0 aliphatic carbocycles. The van der Waals surface area contributed by atoms with E-state index in [9.17, 15) is 0 Å². The fourth-order valence-electron chi connectivity index (χ4n) is 7.42. The number of benzene rings is 7. The van der Waals surface area contributed by atoms with Crippen LogP contribution in [0.25, 0.3) is 104 Å². The van der Waals surface area contributed by atoms with E-state index >= 15 is 0 Å². The number of nitrogens with zero attached hydrogens (tertiary/aromatic N) is 5. The van der Waals surface area contributed by atoms with Crippen LogP contribution in [0.4, 0.5) is 0 Å². The molecule has 0 radical (unpaired) electrons. The largest absolute Gasteiger partial charge is 0.456 e. The maximum atomic E-state index is 6.13. The normalized spacial score (nSPS) is 11.8. The second kappa shape index (κ2) is 11.8. The lowest BCUT2D eigenvalue weighted by Crippen LogP contribution is -2.00. The Bertz CT molecular complexity index is 3180. The number of imidazole rings is 1. The van der Waals surface area contributed by atoms with Gasteiger partial charge in [-0.3, -0.25) is 4.57 Å². The van der Waals surface area contributed by atoms with Crippen molar-refractivity contribution in [1.29, 1.82) is 0 Å². The maximum Gasteiger partial charge on any atom is 0.164 e. The van der Waals surface area contributed by atoms with Crippen LogP contribution in [-0.2, 0) is 0 Å². The van der Waals surface area contributed by atoms with Gasteiger partial charge in [0.2, 0.25) is 0 Å². The van der Waals surface area contributed by atoms with Crippen molar-refractivity contribution in [2.45, 2.75) is 0 Å². The summed E-state index contributed by atoms with van der Waals surface area (Å²) in [7, 11) is 0. The molecule has 0 atom stereocenters. The van der Waals surface area contributed by atoms with E-state index in [4.69, 9.17) is 24.4 Å². The highest BCUT2D eigenvalue weighted by Gasteiger charge is 2.20. The van der Waals surface area contributed by atoms with Crippen molar-refractivity contribution in [2.75, 3.05) is 0 Å². The van der Waals surface area contributed by atoms with Crippen molar-refractivity contribution >= 4 is 64.5 Å². The Balaban J connectivity index is 1.10. The Morgan fingerprint density at radius 2 is 1.17 bits per heavy atom. The van der Waals surface area contributed by atoms with E-state index in [0.29, 0.717) is 17.5 Å². The van der Waals surface area contributed by atoms with E-state index in [2.05, 4.69) is 95.6 Å². The van der Waals surface area contributed by atoms with Gasteiger partial charge in [-0.05, 0) is 60.7 Å². The van der Waals surface area contributed by atoms with Crippen LogP contribution in [0.5, 0.6) is 0 Å². The zero-order chi connectivity index (χ0) is 34.9. The number of rotatable bonds is 5. The minimum Gasteiger partial charge on any atom is -0.456 e. The summed E-state index contributed by atoms with van der Waals surface area (Å²) in [4.78, 5) is 20.5. The van der Waals surface area contributed by atoms with E-state index in [1.807, 2.05) is 72.8 Å². The Labute approximate surface area is 307 Å². The van der Waals surface area contributed by atoms with Crippen LogP contribution in [0.1, 0.15) is 0 Å². The number of furan rings is 1. The summed E-state index contributed by atoms with van der Waals surface area (Å²) in [5.74, 6) is 2.78. The van der Waals surface area contributed by atoms with Gasteiger partial charge in [-0.2, -0.15) is 0 Å². The Kier molecular flexibility index (Phi) is 6.62. The molecule has 53 heavy (non-hydrogen) atoms. The summed E-state index contributed by atoms with van der Waals surface area (Å²) in [6.45, 7) is 0. The van der Waals surface area contributed by atoms with Gasteiger partial charge < -0.3 is 4.42 Å². The minimum absolute atomic E-state index is 0.611. The fourth-order valence-corrected chi connectivity index (χ4v) is 8.59. The third kappa shape index (κ3) is 4.86. The van der Waals surface area contributed by atoms with Gasteiger partial charge in [0.05, 0.1) is 11.0 Å². The van der Waals surface area contributed by atoms with Crippen LogP contribution >= 0.6 is 11.3 Å². The van der Waals surface area contributed by atoms with Crippen molar-refractivity contribution < 1.29 is 4.42 Å². The summed E-state index contributed by atoms with van der Waals surface area (Å²) < 4.78 is 10.7. The molecule has 0 unspecified atom stereocenters. The minimum atomic E-state index is 0.611. The number of para-hydroxylation sites is 4. The number of hydrogen-bond acceptors (Lipinski definition) is 6. The van der Waals surface area contributed by atoms with Crippen molar-refractivity contribution in [3.63, 3.8) is 0 Å². The van der Waals surface area contributed by atoms with E-state index in [1.165, 1.54) is 9.40 Å². The van der Waals surface area contributed by atoms with Gasteiger partial charge in [-0.15, -0.1) is 11.3 Å². The van der Waals surface area contributed by atoms with Crippen LogP contribution in [0, 0.1) is 0 Å². The van der Waals surface area contributed by atoms with Gasteiger partial charge in [-0.1, -0.05) is 103 Å². The summed E-state index contributed by atoms with van der Waals surface area (Å²) in [6, 6.07) is 56.2. The van der Waals surface area contributed by atoms with E-state index < -0.39 is 0 Å². The van der Waals surface area contributed by atoms with E-state index in [0.717, 1.165) is 77.5 Å². The quantitative estimate of drug-likeness (QED) is 0.179. The highest BCUT2D eigenvalue weighted by Crippen LogP contribution is 2.42. The van der Waals surface area contributed by atoms with E-state index in [-0.39, 0.29) is 0 Å². The predicted octanol–water partition coefficient (Wildman–Crippen LogP) is 12.1. The smallest absolute Gasteiger partial charge is 0.164 e. The van der Waals surface area contributed by atoms with Gasteiger partial charge in [0.1, 0.15) is 17.0 Å². The number of aromatic nitrogens is 5. The topological polar surface area (TPSA) is 69.6 Å². The standard InChI is InChI=1S/C46H27N5OS/c1-3-12-28(13-4-1)43-48-44(29-23-25-39-35(26-29)32-16-7-10-20-38(32)52-39)50-45(49-43)34-17-11-21-40-42(34)33-24-22-30(27-41(33)53-40)46-47-36-18-8-9-19-37(36)51(46)31-14-5-2-6-15-31/h1-27H. The van der Waals surface area contributed by atoms with Crippen molar-refractivity contribution in [2.24, 2.45) is 0 Å². The Hall–Kier alpha value is -6.96. The molecule has 248 valence electrons. The molecule has 7 heteroatoms. The lowest BCUT2D eigenvalue weighted by atomic mass is 10.0. The molecule has 11 rings (SSSR count). The number of fused-ring (bicyclic) bond motifs is 7. The molecular weight excluding hydrogens is 671 g/mol. The van der Waals surface area contributed by atoms with E-state index in [1.54, 1.807) is 11.3 Å². The first-order valence-electron chi connectivity index (χ1n) is 17.5. The first kappa shape index (κ1) is 29.7. The molecular formula is C46H27N5OS. The molecule has 0 bridgehead atoms. The van der Waals surface area contributed by atoms with Crippen molar-refractivity contribution in [1.82, 2.24) is 24.5 Å². The SMILES string of the molecule is c1ccc(-c2nc(-c3ccc4oc5ccccc5c4c3)nc(-c3cccc4sc5cc(-c6nc7ccccc7n6-c6ccccc6)ccc5c34)n2)cc1.